The second-order valence-corrected chi connectivity index (χ2v) is 4.01. The van der Waals surface area contributed by atoms with Gasteiger partial charge in [0.05, 0.1) is 0 Å². The quantitative estimate of drug-likeness (QED) is 0.791. The Morgan fingerprint density at radius 1 is 1.29 bits per heavy atom. The number of aliphatic hydroxyl groups excluding tert-OH is 1. The lowest BCUT2D eigenvalue weighted by Crippen LogP contribution is -2.03. The van der Waals surface area contributed by atoms with Crippen molar-refractivity contribution < 1.29 is 5.11 Å². The lowest BCUT2D eigenvalue weighted by molar-refractivity contribution is 0.257. The van der Waals surface area contributed by atoms with Gasteiger partial charge in [0.2, 0.25) is 0 Å². The lowest BCUT2D eigenvalue weighted by atomic mass is 9.94. The predicted octanol–water partition coefficient (Wildman–Crippen LogP) is 3.61. The molecule has 0 aromatic heterocycles. The lowest BCUT2D eigenvalue weighted by Gasteiger charge is -2.13. The molecule has 1 N–H and O–H groups in total. The van der Waals surface area contributed by atoms with E-state index in [0.29, 0.717) is 0 Å². The number of hydrogen-bond acceptors (Lipinski definition) is 1. The average Bonchev–Trinajstić information content (AvgIpc) is 2.21. The molecule has 0 amide bonds. The minimum absolute atomic E-state index is 0.224. The van der Waals surface area contributed by atoms with Crippen molar-refractivity contribution in [1.82, 2.24) is 0 Å². The summed E-state index contributed by atoms with van der Waals surface area (Å²) in [6, 6.07) is 7.76. The number of aliphatic hydroxyl groups is 1. The third-order valence-corrected chi connectivity index (χ3v) is 2.72. The minimum atomic E-state index is 0.224. The van der Waals surface area contributed by atoms with Crippen molar-refractivity contribution in [1.29, 1.82) is 0 Å². The molecule has 0 aliphatic heterocycles. The number of halogens is 1. The van der Waals surface area contributed by atoms with Crippen LogP contribution in [-0.2, 0) is 0 Å². The van der Waals surface area contributed by atoms with E-state index in [0.717, 1.165) is 17.9 Å². The first-order valence-electron chi connectivity index (χ1n) is 5.14. The van der Waals surface area contributed by atoms with Crippen LogP contribution in [0.3, 0.4) is 0 Å². The summed E-state index contributed by atoms with van der Waals surface area (Å²) in [4.78, 5) is 0. The maximum absolute atomic E-state index is 9.24. The van der Waals surface area contributed by atoms with E-state index in [2.05, 4.69) is 6.92 Å². The summed E-state index contributed by atoms with van der Waals surface area (Å²) in [6.45, 7) is 2.39. The molecule has 1 aromatic carbocycles. The van der Waals surface area contributed by atoms with Gasteiger partial charge in [-0.1, -0.05) is 43.5 Å². The van der Waals surface area contributed by atoms with E-state index in [-0.39, 0.29) is 12.5 Å². The molecule has 0 fully saturated rings. The number of rotatable bonds is 5. The van der Waals surface area contributed by atoms with Gasteiger partial charge in [0.1, 0.15) is 0 Å². The van der Waals surface area contributed by atoms with Crippen LogP contribution in [-0.4, -0.2) is 11.7 Å². The molecule has 0 radical (unpaired) electrons. The van der Waals surface area contributed by atoms with E-state index < -0.39 is 0 Å². The van der Waals surface area contributed by atoms with Crippen LogP contribution in [0.25, 0.3) is 0 Å². The fraction of sp³-hybridized carbons (Fsp3) is 0.500. The average molecular weight is 213 g/mol. The van der Waals surface area contributed by atoms with Crippen LogP contribution in [0, 0.1) is 0 Å². The molecule has 1 nitrogen and oxygen atoms in total. The fourth-order valence-electron chi connectivity index (χ4n) is 1.55. The largest absolute Gasteiger partial charge is 0.396 e. The summed E-state index contributed by atoms with van der Waals surface area (Å²) in [5, 5.41) is 9.99. The second kappa shape index (κ2) is 6.05. The zero-order chi connectivity index (χ0) is 10.4. The molecule has 0 saturated carbocycles. The van der Waals surface area contributed by atoms with Gasteiger partial charge in [-0.25, -0.2) is 0 Å². The molecule has 0 aliphatic rings. The molecule has 1 aromatic rings. The monoisotopic (exact) mass is 212 g/mol. The maximum atomic E-state index is 9.24. The molecule has 0 saturated heterocycles. The van der Waals surface area contributed by atoms with Gasteiger partial charge in [-0.3, -0.25) is 0 Å². The van der Waals surface area contributed by atoms with Crippen LogP contribution in [0.2, 0.25) is 5.02 Å². The van der Waals surface area contributed by atoms with Gasteiger partial charge in [-0.15, -0.1) is 0 Å². The second-order valence-electron chi connectivity index (χ2n) is 3.57. The van der Waals surface area contributed by atoms with E-state index in [1.165, 1.54) is 12.0 Å². The Balaban J connectivity index is 2.64. The molecule has 1 rings (SSSR count). The normalized spacial score (nSPS) is 12.8. The number of unbranched alkanes of at least 4 members (excludes halogenated alkanes) is 1. The first-order valence-corrected chi connectivity index (χ1v) is 5.52. The van der Waals surface area contributed by atoms with Crippen molar-refractivity contribution in [3.05, 3.63) is 34.9 Å². The molecule has 1 atom stereocenters. The summed E-state index contributed by atoms with van der Waals surface area (Å²) in [5.74, 6) is 0.271. The standard InChI is InChI=1S/C12H17ClO/c1-2-3-4-11(9-14)10-5-7-12(13)8-6-10/h5-8,11,14H,2-4,9H2,1H3. The minimum Gasteiger partial charge on any atom is -0.396 e. The van der Waals surface area contributed by atoms with Gasteiger partial charge in [0, 0.05) is 17.5 Å². The Morgan fingerprint density at radius 2 is 1.93 bits per heavy atom. The topological polar surface area (TPSA) is 20.2 Å². The Morgan fingerprint density at radius 3 is 2.43 bits per heavy atom. The van der Waals surface area contributed by atoms with Gasteiger partial charge in [0.25, 0.3) is 0 Å². The van der Waals surface area contributed by atoms with Crippen LogP contribution >= 0.6 is 11.6 Å². The highest BCUT2D eigenvalue weighted by molar-refractivity contribution is 6.30. The highest BCUT2D eigenvalue weighted by Crippen LogP contribution is 2.22. The zero-order valence-electron chi connectivity index (χ0n) is 8.54. The third kappa shape index (κ3) is 3.32. The van der Waals surface area contributed by atoms with Crippen molar-refractivity contribution in [3.63, 3.8) is 0 Å². The summed E-state index contributed by atoms with van der Waals surface area (Å²) in [6.07, 6.45) is 3.38. The summed E-state index contributed by atoms with van der Waals surface area (Å²) in [5.41, 5.74) is 1.19. The van der Waals surface area contributed by atoms with Crippen molar-refractivity contribution in [2.75, 3.05) is 6.61 Å². The molecular formula is C12H17ClO. The van der Waals surface area contributed by atoms with Gasteiger partial charge < -0.3 is 5.11 Å². The molecule has 0 bridgehead atoms. The van der Waals surface area contributed by atoms with Crippen molar-refractivity contribution >= 4 is 11.6 Å². The van der Waals surface area contributed by atoms with Crippen LogP contribution in [0.1, 0.15) is 37.7 Å². The Bertz CT molecular complexity index is 256. The van der Waals surface area contributed by atoms with E-state index in [1.807, 2.05) is 24.3 Å². The Kier molecular flexibility index (Phi) is 4.99. The highest BCUT2D eigenvalue weighted by Gasteiger charge is 2.08. The van der Waals surface area contributed by atoms with Crippen molar-refractivity contribution in [2.24, 2.45) is 0 Å². The summed E-state index contributed by atoms with van der Waals surface area (Å²) in [7, 11) is 0. The highest BCUT2D eigenvalue weighted by atomic mass is 35.5. The number of benzene rings is 1. The van der Waals surface area contributed by atoms with Crippen molar-refractivity contribution in [2.45, 2.75) is 32.1 Å². The molecule has 78 valence electrons. The SMILES string of the molecule is CCCCC(CO)c1ccc(Cl)cc1. The van der Waals surface area contributed by atoms with E-state index in [9.17, 15) is 5.11 Å². The van der Waals surface area contributed by atoms with Gasteiger partial charge in [0.15, 0.2) is 0 Å². The van der Waals surface area contributed by atoms with Gasteiger partial charge in [-0.2, -0.15) is 0 Å². The van der Waals surface area contributed by atoms with E-state index in [4.69, 9.17) is 11.6 Å². The smallest absolute Gasteiger partial charge is 0.0499 e. The van der Waals surface area contributed by atoms with Crippen molar-refractivity contribution in [3.8, 4) is 0 Å². The molecule has 2 heteroatoms. The Hall–Kier alpha value is -0.530. The fourth-order valence-corrected chi connectivity index (χ4v) is 1.67. The molecule has 0 heterocycles. The molecule has 14 heavy (non-hydrogen) atoms. The number of hydrogen-bond donors (Lipinski definition) is 1. The molecular weight excluding hydrogens is 196 g/mol. The van der Waals surface area contributed by atoms with Crippen LogP contribution in [0.5, 0.6) is 0 Å². The summed E-state index contributed by atoms with van der Waals surface area (Å²) >= 11 is 5.80. The first-order chi connectivity index (χ1) is 6.77. The van der Waals surface area contributed by atoms with Crippen LogP contribution in [0.15, 0.2) is 24.3 Å². The third-order valence-electron chi connectivity index (χ3n) is 2.47. The zero-order valence-corrected chi connectivity index (χ0v) is 9.30. The first kappa shape index (κ1) is 11.5. The van der Waals surface area contributed by atoms with Crippen LogP contribution in [0.4, 0.5) is 0 Å². The van der Waals surface area contributed by atoms with E-state index in [1.54, 1.807) is 0 Å². The maximum Gasteiger partial charge on any atom is 0.0499 e. The van der Waals surface area contributed by atoms with E-state index >= 15 is 0 Å². The predicted molar refractivity (Wildman–Crippen MR) is 60.8 cm³/mol. The van der Waals surface area contributed by atoms with Gasteiger partial charge >= 0.3 is 0 Å². The molecule has 0 spiro atoms. The molecule has 0 aliphatic carbocycles. The summed E-state index contributed by atoms with van der Waals surface area (Å²) < 4.78 is 0. The van der Waals surface area contributed by atoms with Crippen LogP contribution < -0.4 is 0 Å². The molecule has 1 unspecified atom stereocenters. The Labute approximate surface area is 90.7 Å². The van der Waals surface area contributed by atoms with Gasteiger partial charge in [-0.05, 0) is 24.1 Å².